The summed E-state index contributed by atoms with van der Waals surface area (Å²) in [5.41, 5.74) is 5.22. The minimum Gasteiger partial charge on any atom is -0.493 e. The molecule has 0 aliphatic heterocycles. The van der Waals surface area contributed by atoms with Gasteiger partial charge in [-0.25, -0.2) is 0 Å². The first kappa shape index (κ1) is 17.4. The topological polar surface area (TPSA) is 95.7 Å². The van der Waals surface area contributed by atoms with E-state index in [-0.39, 0.29) is 27.0 Å². The molecule has 23 heavy (non-hydrogen) atoms. The quantitative estimate of drug-likeness (QED) is 0.810. The Morgan fingerprint density at radius 2 is 1.74 bits per heavy atom. The zero-order valence-corrected chi connectivity index (χ0v) is 14.1. The number of ether oxygens (including phenoxy) is 1. The Hall–Kier alpha value is -1.96. The van der Waals surface area contributed by atoms with Gasteiger partial charge in [-0.15, -0.1) is 0 Å². The van der Waals surface area contributed by atoms with Gasteiger partial charge in [0.15, 0.2) is 5.75 Å². The average Bonchev–Trinajstić information content (AvgIpc) is 2.49. The number of nitrogens with two attached hydrogens (primary N) is 1. The van der Waals surface area contributed by atoms with Crippen molar-refractivity contribution < 1.29 is 22.1 Å². The standard InChI is InChI=1S/C14H11Cl2NO5S/c1-21-12-7-8(14(17)18)6-11(16)13(12)22-23(19,20)10-4-2-9(15)3-5-10/h2-7H,1H3,(H2,17,18). The highest BCUT2D eigenvalue weighted by Gasteiger charge is 2.23. The van der Waals surface area contributed by atoms with Gasteiger partial charge in [0.05, 0.1) is 12.1 Å². The van der Waals surface area contributed by atoms with Crippen LogP contribution in [0.4, 0.5) is 0 Å². The Morgan fingerprint density at radius 1 is 1.13 bits per heavy atom. The smallest absolute Gasteiger partial charge is 0.339 e. The summed E-state index contributed by atoms with van der Waals surface area (Å²) in [6.07, 6.45) is 0. The number of hydrogen-bond acceptors (Lipinski definition) is 5. The van der Waals surface area contributed by atoms with Gasteiger partial charge in [0, 0.05) is 10.6 Å². The second-order valence-electron chi connectivity index (χ2n) is 4.35. The Balaban J connectivity index is 2.46. The fourth-order valence-electron chi connectivity index (χ4n) is 1.70. The summed E-state index contributed by atoms with van der Waals surface area (Å²) in [5.74, 6) is -1.02. The van der Waals surface area contributed by atoms with Crippen LogP contribution in [0.15, 0.2) is 41.3 Å². The normalized spacial score (nSPS) is 11.1. The maximum absolute atomic E-state index is 12.3. The third-order valence-corrected chi connectivity index (χ3v) is 4.58. The molecule has 0 atom stereocenters. The SMILES string of the molecule is COc1cc(C(N)=O)cc(Cl)c1OS(=O)(=O)c1ccc(Cl)cc1. The molecule has 0 saturated carbocycles. The number of rotatable bonds is 5. The Labute approximate surface area is 142 Å². The van der Waals surface area contributed by atoms with Gasteiger partial charge in [0.1, 0.15) is 4.90 Å². The molecule has 2 aromatic carbocycles. The summed E-state index contributed by atoms with van der Waals surface area (Å²) in [4.78, 5) is 11.1. The van der Waals surface area contributed by atoms with Crippen molar-refractivity contribution in [2.45, 2.75) is 4.90 Å². The van der Waals surface area contributed by atoms with Crippen LogP contribution in [-0.2, 0) is 10.1 Å². The molecule has 6 nitrogen and oxygen atoms in total. The predicted molar refractivity (Wildman–Crippen MR) is 85.8 cm³/mol. The van der Waals surface area contributed by atoms with E-state index in [4.69, 9.17) is 37.9 Å². The molecule has 0 aromatic heterocycles. The first-order valence-corrected chi connectivity index (χ1v) is 8.28. The molecule has 0 fully saturated rings. The molecule has 0 bridgehead atoms. The van der Waals surface area contributed by atoms with Crippen molar-refractivity contribution in [2.75, 3.05) is 7.11 Å². The third-order valence-electron chi connectivity index (χ3n) is 2.81. The van der Waals surface area contributed by atoms with Gasteiger partial charge in [-0.3, -0.25) is 4.79 Å². The van der Waals surface area contributed by atoms with Crippen molar-refractivity contribution in [3.05, 3.63) is 52.0 Å². The summed E-state index contributed by atoms with van der Waals surface area (Å²) < 4.78 is 34.6. The second kappa shape index (κ2) is 6.66. The van der Waals surface area contributed by atoms with Crippen LogP contribution in [0.2, 0.25) is 10.0 Å². The highest BCUT2D eigenvalue weighted by Crippen LogP contribution is 2.38. The number of methoxy groups -OCH3 is 1. The summed E-state index contributed by atoms with van der Waals surface area (Å²) >= 11 is 11.7. The molecule has 2 N–H and O–H groups in total. The van der Waals surface area contributed by atoms with Crippen LogP contribution in [0.1, 0.15) is 10.4 Å². The van der Waals surface area contributed by atoms with Gasteiger partial charge in [-0.1, -0.05) is 23.2 Å². The van der Waals surface area contributed by atoms with E-state index in [9.17, 15) is 13.2 Å². The molecule has 0 unspecified atom stereocenters. The van der Waals surface area contributed by atoms with Crippen LogP contribution < -0.4 is 14.7 Å². The van der Waals surface area contributed by atoms with Gasteiger partial charge in [-0.2, -0.15) is 8.42 Å². The predicted octanol–water partition coefficient (Wildman–Crippen LogP) is 2.87. The lowest BCUT2D eigenvalue weighted by atomic mass is 10.2. The van der Waals surface area contributed by atoms with E-state index in [1.807, 2.05) is 0 Å². The number of hydrogen-bond donors (Lipinski definition) is 1. The van der Waals surface area contributed by atoms with Gasteiger partial charge < -0.3 is 14.7 Å². The number of amides is 1. The molecule has 0 radical (unpaired) electrons. The largest absolute Gasteiger partial charge is 0.493 e. The van der Waals surface area contributed by atoms with Crippen molar-refractivity contribution in [1.82, 2.24) is 0 Å². The fourth-order valence-corrected chi connectivity index (χ4v) is 3.08. The van der Waals surface area contributed by atoms with Crippen LogP contribution in [0.3, 0.4) is 0 Å². The zero-order valence-electron chi connectivity index (χ0n) is 11.7. The summed E-state index contributed by atoms with van der Waals surface area (Å²) in [6, 6.07) is 7.82. The van der Waals surface area contributed by atoms with Crippen molar-refractivity contribution in [1.29, 1.82) is 0 Å². The second-order valence-corrected chi connectivity index (χ2v) is 6.74. The number of primary amides is 1. The van der Waals surface area contributed by atoms with Crippen LogP contribution in [-0.4, -0.2) is 21.4 Å². The van der Waals surface area contributed by atoms with Crippen molar-refractivity contribution in [3.8, 4) is 11.5 Å². The van der Waals surface area contributed by atoms with Gasteiger partial charge in [-0.05, 0) is 36.4 Å². The molecule has 0 spiro atoms. The van der Waals surface area contributed by atoms with Crippen LogP contribution in [0.25, 0.3) is 0 Å². The third kappa shape index (κ3) is 3.87. The first-order chi connectivity index (χ1) is 10.7. The van der Waals surface area contributed by atoms with E-state index < -0.39 is 16.0 Å². The number of benzene rings is 2. The van der Waals surface area contributed by atoms with Crippen LogP contribution in [0, 0.1) is 0 Å². The van der Waals surface area contributed by atoms with Crippen LogP contribution >= 0.6 is 23.2 Å². The molecule has 0 aliphatic rings. The lowest BCUT2D eigenvalue weighted by molar-refractivity contribution is 0.1000. The van der Waals surface area contributed by atoms with Gasteiger partial charge in [0.25, 0.3) is 0 Å². The van der Waals surface area contributed by atoms with Crippen LogP contribution in [0.5, 0.6) is 11.5 Å². The maximum Gasteiger partial charge on any atom is 0.339 e. The molecular weight excluding hydrogens is 365 g/mol. The Morgan fingerprint density at radius 3 is 2.26 bits per heavy atom. The average molecular weight is 376 g/mol. The molecule has 122 valence electrons. The maximum atomic E-state index is 12.3. The Kier molecular flexibility index (Phi) is 5.03. The highest BCUT2D eigenvalue weighted by molar-refractivity contribution is 7.87. The van der Waals surface area contributed by atoms with Gasteiger partial charge in [0.2, 0.25) is 11.7 Å². The number of carbonyl (C=O) groups is 1. The van der Waals surface area contributed by atoms with Crippen molar-refractivity contribution in [3.63, 3.8) is 0 Å². The lowest BCUT2D eigenvalue weighted by Crippen LogP contribution is -2.13. The minimum absolute atomic E-state index is 0.0381. The molecule has 1 amide bonds. The summed E-state index contributed by atoms with van der Waals surface area (Å²) in [6.45, 7) is 0. The molecule has 0 aliphatic carbocycles. The summed E-state index contributed by atoms with van der Waals surface area (Å²) in [5, 5.41) is 0.251. The van der Waals surface area contributed by atoms with E-state index in [0.717, 1.165) is 0 Å². The van der Waals surface area contributed by atoms with Gasteiger partial charge >= 0.3 is 10.1 Å². The van der Waals surface area contributed by atoms with Crippen molar-refractivity contribution in [2.24, 2.45) is 5.73 Å². The molecule has 9 heteroatoms. The fraction of sp³-hybridized carbons (Fsp3) is 0.0714. The molecule has 0 saturated heterocycles. The zero-order chi connectivity index (χ0) is 17.2. The van der Waals surface area contributed by atoms with Crippen molar-refractivity contribution >= 4 is 39.2 Å². The Bertz CT molecular complexity index is 850. The van der Waals surface area contributed by atoms with E-state index in [2.05, 4.69) is 0 Å². The molecule has 2 aromatic rings. The van der Waals surface area contributed by atoms with E-state index >= 15 is 0 Å². The summed E-state index contributed by atoms with van der Waals surface area (Å²) in [7, 11) is -2.88. The number of halogens is 2. The first-order valence-electron chi connectivity index (χ1n) is 6.12. The van der Waals surface area contributed by atoms with E-state index in [1.165, 1.54) is 43.5 Å². The molecule has 2 rings (SSSR count). The minimum atomic E-state index is -4.16. The van der Waals surface area contributed by atoms with E-state index in [0.29, 0.717) is 5.02 Å². The molecule has 0 heterocycles. The highest BCUT2D eigenvalue weighted by atomic mass is 35.5. The molecular formula is C14H11Cl2NO5S. The lowest BCUT2D eigenvalue weighted by Gasteiger charge is -2.13. The monoisotopic (exact) mass is 375 g/mol. The van der Waals surface area contributed by atoms with E-state index in [1.54, 1.807) is 0 Å². The number of carbonyl (C=O) groups excluding carboxylic acids is 1.